The van der Waals surface area contributed by atoms with Crippen LogP contribution in [-0.2, 0) is 16.1 Å². The van der Waals surface area contributed by atoms with Crippen LogP contribution in [0.1, 0.15) is 12.0 Å². The van der Waals surface area contributed by atoms with Gasteiger partial charge in [-0.3, -0.25) is 9.59 Å². The van der Waals surface area contributed by atoms with E-state index in [1.807, 2.05) is 30.3 Å². The zero-order valence-electron chi connectivity index (χ0n) is 13.9. The van der Waals surface area contributed by atoms with Crippen LogP contribution in [0.3, 0.4) is 0 Å². The lowest BCUT2D eigenvalue weighted by Crippen LogP contribution is -2.36. The summed E-state index contributed by atoms with van der Waals surface area (Å²) in [5, 5.41) is 3.34. The summed E-state index contributed by atoms with van der Waals surface area (Å²) in [5.41, 5.74) is 1.53. The Hall–Kier alpha value is -2.73. The first-order valence-electron chi connectivity index (χ1n) is 8.35. The van der Waals surface area contributed by atoms with E-state index in [2.05, 4.69) is 5.32 Å². The Morgan fingerprint density at radius 2 is 2.00 bits per heavy atom. The average Bonchev–Trinajstić information content (AvgIpc) is 3.26. The van der Waals surface area contributed by atoms with Crippen LogP contribution in [0.2, 0.25) is 5.02 Å². The van der Waals surface area contributed by atoms with E-state index in [1.165, 1.54) is 0 Å². The molecule has 2 aromatic rings. The van der Waals surface area contributed by atoms with Crippen molar-refractivity contribution in [3.63, 3.8) is 0 Å². The van der Waals surface area contributed by atoms with E-state index in [0.717, 1.165) is 5.56 Å². The smallest absolute Gasteiger partial charge is 0.239 e. The number of nitrogens with zero attached hydrogens (tertiary/aromatic N) is 1. The Morgan fingerprint density at radius 3 is 2.85 bits per heavy atom. The summed E-state index contributed by atoms with van der Waals surface area (Å²) >= 11 is 6.17. The van der Waals surface area contributed by atoms with Crippen molar-refractivity contribution >= 4 is 29.1 Å². The molecule has 2 heterocycles. The number of carbonyl (C=O) groups is 2. The maximum Gasteiger partial charge on any atom is 0.239 e. The molecule has 1 unspecified atom stereocenters. The molecule has 4 rings (SSSR count). The molecule has 2 aliphatic heterocycles. The van der Waals surface area contributed by atoms with Crippen molar-refractivity contribution < 1.29 is 19.1 Å². The normalized spacial score (nSPS) is 18.3. The molecule has 2 aromatic carbocycles. The zero-order chi connectivity index (χ0) is 18.1. The summed E-state index contributed by atoms with van der Waals surface area (Å²) in [4.78, 5) is 26.7. The van der Waals surface area contributed by atoms with Gasteiger partial charge in [0.1, 0.15) is 5.92 Å². The predicted molar refractivity (Wildman–Crippen MR) is 96.3 cm³/mol. The highest BCUT2D eigenvalue weighted by Gasteiger charge is 2.38. The summed E-state index contributed by atoms with van der Waals surface area (Å²) in [7, 11) is 0. The molecule has 6 nitrogen and oxygen atoms in total. The second kappa shape index (κ2) is 6.88. The van der Waals surface area contributed by atoms with Crippen LogP contribution in [0, 0.1) is 5.92 Å². The number of hydrogen-bond acceptors (Lipinski definition) is 4. The Kier molecular flexibility index (Phi) is 4.42. The second-order valence-corrected chi connectivity index (χ2v) is 6.60. The number of fused-ring (bicyclic) bond motifs is 1. The molecule has 1 N–H and O–H groups in total. The number of anilines is 1. The van der Waals surface area contributed by atoms with Gasteiger partial charge in [0.2, 0.25) is 18.6 Å². The Labute approximate surface area is 155 Å². The van der Waals surface area contributed by atoms with E-state index in [1.54, 1.807) is 17.0 Å². The van der Waals surface area contributed by atoms with Crippen molar-refractivity contribution in [1.82, 2.24) is 5.32 Å². The van der Waals surface area contributed by atoms with E-state index in [4.69, 9.17) is 21.1 Å². The molecule has 2 aliphatic rings. The fraction of sp³-hybridized carbons (Fsp3) is 0.263. The predicted octanol–water partition coefficient (Wildman–Crippen LogP) is 2.74. The first-order valence-corrected chi connectivity index (χ1v) is 8.73. The highest BCUT2D eigenvalue weighted by molar-refractivity contribution is 6.34. The van der Waals surface area contributed by atoms with Gasteiger partial charge in [0.15, 0.2) is 11.5 Å². The Morgan fingerprint density at radius 1 is 1.19 bits per heavy atom. The summed E-state index contributed by atoms with van der Waals surface area (Å²) in [6.07, 6.45) is 0.469. The summed E-state index contributed by atoms with van der Waals surface area (Å²) in [5.74, 6) is 0.170. The summed E-state index contributed by atoms with van der Waals surface area (Å²) < 4.78 is 10.6. The summed E-state index contributed by atoms with van der Waals surface area (Å²) in [6.45, 7) is 1.01. The molecule has 1 fully saturated rings. The molecule has 2 amide bonds. The quantitative estimate of drug-likeness (QED) is 0.838. The van der Waals surface area contributed by atoms with Crippen LogP contribution in [0.4, 0.5) is 5.69 Å². The first-order chi connectivity index (χ1) is 12.6. The molecular formula is C19H17ClN2O4. The largest absolute Gasteiger partial charge is 0.454 e. The van der Waals surface area contributed by atoms with Crippen LogP contribution in [0.5, 0.6) is 11.5 Å². The van der Waals surface area contributed by atoms with Crippen LogP contribution in [-0.4, -0.2) is 25.2 Å². The van der Waals surface area contributed by atoms with E-state index in [9.17, 15) is 9.59 Å². The molecular weight excluding hydrogens is 356 g/mol. The number of nitrogens with one attached hydrogen (secondary N) is 1. The molecule has 0 aliphatic carbocycles. The van der Waals surface area contributed by atoms with Gasteiger partial charge in [-0.1, -0.05) is 29.8 Å². The third kappa shape index (κ3) is 3.08. The van der Waals surface area contributed by atoms with Crippen molar-refractivity contribution in [3.05, 3.63) is 53.1 Å². The summed E-state index contributed by atoms with van der Waals surface area (Å²) in [6, 6.07) is 12.6. The van der Waals surface area contributed by atoms with Crippen LogP contribution < -0.4 is 19.7 Å². The lowest BCUT2D eigenvalue weighted by Gasteiger charge is -2.18. The average molecular weight is 373 g/mol. The van der Waals surface area contributed by atoms with Crippen LogP contribution >= 0.6 is 11.6 Å². The SMILES string of the molecule is O=C(NCc1ccc2c(c1)OCO2)C1CCN(c2ccccc2Cl)C1=O. The van der Waals surface area contributed by atoms with Crippen molar-refractivity contribution in [2.75, 3.05) is 18.2 Å². The number of rotatable bonds is 4. The number of ether oxygens (including phenoxy) is 2. The molecule has 0 aromatic heterocycles. The fourth-order valence-corrected chi connectivity index (χ4v) is 3.43. The fourth-order valence-electron chi connectivity index (χ4n) is 3.20. The lowest BCUT2D eigenvalue weighted by atomic mass is 10.1. The van der Waals surface area contributed by atoms with Crippen molar-refractivity contribution in [1.29, 1.82) is 0 Å². The van der Waals surface area contributed by atoms with Gasteiger partial charge in [-0.25, -0.2) is 0 Å². The van der Waals surface area contributed by atoms with Crippen molar-refractivity contribution in [2.45, 2.75) is 13.0 Å². The monoisotopic (exact) mass is 372 g/mol. The van der Waals surface area contributed by atoms with Gasteiger partial charge in [0.05, 0.1) is 10.7 Å². The number of hydrogen-bond donors (Lipinski definition) is 1. The van der Waals surface area contributed by atoms with Gasteiger partial charge in [0, 0.05) is 13.1 Å². The Balaban J connectivity index is 1.40. The first kappa shape index (κ1) is 16.7. The minimum Gasteiger partial charge on any atom is -0.454 e. The Bertz CT molecular complexity index is 870. The molecule has 134 valence electrons. The van der Waals surface area contributed by atoms with Crippen LogP contribution in [0.15, 0.2) is 42.5 Å². The molecule has 7 heteroatoms. The maximum atomic E-state index is 12.6. The third-order valence-corrected chi connectivity index (χ3v) is 4.89. The molecule has 0 bridgehead atoms. The molecule has 0 radical (unpaired) electrons. The van der Waals surface area contributed by atoms with Crippen molar-refractivity contribution in [3.8, 4) is 11.5 Å². The van der Waals surface area contributed by atoms with Gasteiger partial charge < -0.3 is 19.7 Å². The number of amides is 2. The number of halogens is 1. The van der Waals surface area contributed by atoms with Gasteiger partial charge in [-0.15, -0.1) is 0 Å². The van der Waals surface area contributed by atoms with Gasteiger partial charge in [-0.2, -0.15) is 0 Å². The number of carbonyl (C=O) groups excluding carboxylic acids is 2. The molecule has 0 spiro atoms. The minimum atomic E-state index is -0.694. The molecule has 1 atom stereocenters. The van der Waals surface area contributed by atoms with Crippen LogP contribution in [0.25, 0.3) is 0 Å². The van der Waals surface area contributed by atoms with E-state index < -0.39 is 5.92 Å². The highest BCUT2D eigenvalue weighted by Crippen LogP contribution is 2.33. The maximum absolute atomic E-state index is 12.6. The zero-order valence-corrected chi connectivity index (χ0v) is 14.7. The van der Waals surface area contributed by atoms with E-state index in [-0.39, 0.29) is 18.6 Å². The lowest BCUT2D eigenvalue weighted by molar-refractivity contribution is -0.132. The second-order valence-electron chi connectivity index (χ2n) is 6.19. The molecule has 26 heavy (non-hydrogen) atoms. The molecule has 0 saturated carbocycles. The number of benzene rings is 2. The standard InChI is InChI=1S/C19H17ClN2O4/c20-14-3-1-2-4-15(14)22-8-7-13(19(22)24)18(23)21-10-12-5-6-16-17(9-12)26-11-25-16/h1-6,9,13H,7-8,10-11H2,(H,21,23). The topological polar surface area (TPSA) is 67.9 Å². The minimum absolute atomic E-state index is 0.208. The van der Waals surface area contributed by atoms with Gasteiger partial charge in [-0.05, 0) is 36.2 Å². The van der Waals surface area contributed by atoms with Gasteiger partial charge >= 0.3 is 0 Å². The van der Waals surface area contributed by atoms with Gasteiger partial charge in [0.25, 0.3) is 0 Å². The van der Waals surface area contributed by atoms with E-state index in [0.29, 0.717) is 41.7 Å². The van der Waals surface area contributed by atoms with Crippen molar-refractivity contribution in [2.24, 2.45) is 5.92 Å². The third-order valence-electron chi connectivity index (χ3n) is 4.57. The number of para-hydroxylation sites is 1. The van der Waals surface area contributed by atoms with E-state index >= 15 is 0 Å². The molecule has 1 saturated heterocycles. The highest BCUT2D eigenvalue weighted by atomic mass is 35.5.